The summed E-state index contributed by atoms with van der Waals surface area (Å²) in [5.74, 6) is -0.486. The molecule has 5 heteroatoms. The molecule has 2 heterocycles. The van der Waals surface area contributed by atoms with E-state index in [0.717, 1.165) is 33.5 Å². The van der Waals surface area contributed by atoms with Gasteiger partial charge in [-0.1, -0.05) is 12.1 Å². The monoisotopic (exact) mass is 391 g/mol. The second-order valence-corrected chi connectivity index (χ2v) is 7.41. The summed E-state index contributed by atoms with van der Waals surface area (Å²) in [7, 11) is 1.97. The lowest BCUT2D eigenvalue weighted by Gasteiger charge is -2.20. The Labute approximate surface area is 169 Å². The maximum atomic E-state index is 13.7. The minimum Gasteiger partial charge on any atom is -0.369 e. The fraction of sp³-hybridized carbons (Fsp3) is 0.208. The maximum Gasteiger partial charge on any atom is 0.123 e. The molecule has 0 aliphatic rings. The van der Waals surface area contributed by atoms with Gasteiger partial charge >= 0.3 is 0 Å². The van der Waals surface area contributed by atoms with Gasteiger partial charge in [-0.15, -0.1) is 0 Å². The number of pyridine rings is 1. The summed E-state index contributed by atoms with van der Waals surface area (Å²) in [6.45, 7) is 5.34. The first-order valence-electron chi connectivity index (χ1n) is 9.58. The lowest BCUT2D eigenvalue weighted by Crippen LogP contribution is -2.18. The Kier molecular flexibility index (Phi) is 5.05. The van der Waals surface area contributed by atoms with Gasteiger partial charge in [-0.2, -0.15) is 0 Å². The zero-order valence-electron chi connectivity index (χ0n) is 16.8. The van der Waals surface area contributed by atoms with Crippen LogP contribution in [0.4, 0.5) is 14.5 Å². The van der Waals surface area contributed by atoms with Crippen molar-refractivity contribution in [2.45, 2.75) is 26.9 Å². The number of halogens is 2. The summed E-state index contributed by atoms with van der Waals surface area (Å²) in [5.41, 5.74) is 6.16. The van der Waals surface area contributed by atoms with E-state index in [4.69, 9.17) is 0 Å². The first-order chi connectivity index (χ1) is 13.9. The third-order valence-corrected chi connectivity index (χ3v) is 5.51. The van der Waals surface area contributed by atoms with Gasteiger partial charge in [-0.05, 0) is 67.4 Å². The van der Waals surface area contributed by atoms with Crippen molar-refractivity contribution in [2.75, 3.05) is 11.9 Å². The van der Waals surface area contributed by atoms with Gasteiger partial charge in [0.05, 0.1) is 17.8 Å². The van der Waals surface area contributed by atoms with Crippen molar-refractivity contribution in [1.29, 1.82) is 0 Å². The zero-order valence-corrected chi connectivity index (χ0v) is 16.8. The predicted molar refractivity (Wildman–Crippen MR) is 113 cm³/mol. The lowest BCUT2D eigenvalue weighted by molar-refractivity contribution is 0.623. The first kappa shape index (κ1) is 19.1. The number of fused-ring (bicyclic) bond motifs is 1. The van der Waals surface area contributed by atoms with E-state index in [1.807, 2.05) is 30.3 Å². The Balaban J connectivity index is 1.76. The second kappa shape index (κ2) is 7.66. The van der Waals surface area contributed by atoms with Gasteiger partial charge in [0.15, 0.2) is 0 Å². The largest absolute Gasteiger partial charge is 0.369 e. The summed E-state index contributed by atoms with van der Waals surface area (Å²) in [6, 6.07) is 15.2. The highest BCUT2D eigenvalue weighted by Crippen LogP contribution is 2.29. The molecule has 0 radical (unpaired) electrons. The third kappa shape index (κ3) is 3.73. The van der Waals surface area contributed by atoms with Crippen LogP contribution in [-0.2, 0) is 13.1 Å². The first-order valence-corrected chi connectivity index (χ1v) is 9.58. The highest BCUT2D eigenvalue weighted by atomic mass is 19.1. The molecule has 2 aromatic heterocycles. The fourth-order valence-corrected chi connectivity index (χ4v) is 3.81. The van der Waals surface area contributed by atoms with E-state index in [-0.39, 0.29) is 11.6 Å². The Morgan fingerprint density at radius 1 is 0.966 bits per heavy atom. The average Bonchev–Trinajstić information content (AvgIpc) is 2.94. The molecule has 29 heavy (non-hydrogen) atoms. The lowest BCUT2D eigenvalue weighted by atomic mass is 10.1. The standard InChI is InChI=1S/C24H23F2N3/c1-16-17(2)29(14-18-5-4-6-20(26)13-18)24-22(16)11-12-27-23(24)15-28(3)21-9-7-19(25)8-10-21/h4-13H,14-15H2,1-3H3. The van der Waals surface area contributed by atoms with Crippen LogP contribution in [-0.4, -0.2) is 16.6 Å². The predicted octanol–water partition coefficient (Wildman–Crippen LogP) is 5.62. The molecule has 4 aromatic rings. The smallest absolute Gasteiger partial charge is 0.123 e. The molecule has 148 valence electrons. The van der Waals surface area contributed by atoms with Gasteiger partial charge < -0.3 is 9.47 Å². The van der Waals surface area contributed by atoms with E-state index < -0.39 is 0 Å². The van der Waals surface area contributed by atoms with E-state index in [2.05, 4.69) is 23.4 Å². The maximum absolute atomic E-state index is 13.7. The number of nitrogens with zero attached hydrogens (tertiary/aromatic N) is 3. The van der Waals surface area contributed by atoms with Crippen LogP contribution in [0.1, 0.15) is 22.5 Å². The number of rotatable bonds is 5. The molecule has 0 aliphatic carbocycles. The fourth-order valence-electron chi connectivity index (χ4n) is 3.81. The van der Waals surface area contributed by atoms with Crippen LogP contribution in [0.5, 0.6) is 0 Å². The minimum absolute atomic E-state index is 0.234. The Morgan fingerprint density at radius 2 is 1.72 bits per heavy atom. The number of hydrogen-bond donors (Lipinski definition) is 0. The van der Waals surface area contributed by atoms with Crippen molar-refractivity contribution in [3.63, 3.8) is 0 Å². The molecule has 0 atom stereocenters. The number of aromatic nitrogens is 2. The summed E-state index contributed by atoms with van der Waals surface area (Å²) in [5, 5.41) is 1.15. The van der Waals surface area contributed by atoms with Crippen LogP contribution in [0, 0.1) is 25.5 Å². The summed E-state index contributed by atoms with van der Waals surface area (Å²) >= 11 is 0. The Morgan fingerprint density at radius 3 is 2.45 bits per heavy atom. The highest BCUT2D eigenvalue weighted by molar-refractivity contribution is 5.87. The number of anilines is 1. The topological polar surface area (TPSA) is 21.1 Å². The highest BCUT2D eigenvalue weighted by Gasteiger charge is 2.17. The molecule has 3 nitrogen and oxygen atoms in total. The molecule has 0 fully saturated rings. The molecule has 0 aliphatic heterocycles. The molecule has 0 bridgehead atoms. The summed E-state index contributed by atoms with van der Waals surface area (Å²) < 4.78 is 29.2. The van der Waals surface area contributed by atoms with Crippen LogP contribution in [0.3, 0.4) is 0 Å². The van der Waals surface area contributed by atoms with Crippen molar-refractivity contribution < 1.29 is 8.78 Å². The molecule has 0 unspecified atom stereocenters. The van der Waals surface area contributed by atoms with E-state index in [0.29, 0.717) is 13.1 Å². The van der Waals surface area contributed by atoms with Crippen molar-refractivity contribution in [3.05, 3.63) is 94.9 Å². The summed E-state index contributed by atoms with van der Waals surface area (Å²) in [4.78, 5) is 6.70. The van der Waals surface area contributed by atoms with Crippen molar-refractivity contribution in [1.82, 2.24) is 9.55 Å². The minimum atomic E-state index is -0.252. The van der Waals surface area contributed by atoms with Crippen LogP contribution in [0.2, 0.25) is 0 Å². The second-order valence-electron chi connectivity index (χ2n) is 7.41. The van der Waals surface area contributed by atoms with E-state index in [1.165, 1.54) is 23.8 Å². The van der Waals surface area contributed by atoms with Crippen LogP contribution in [0.15, 0.2) is 60.8 Å². The molecule has 0 N–H and O–H groups in total. The number of benzene rings is 2. The number of aryl methyl sites for hydroxylation is 1. The van der Waals surface area contributed by atoms with Gasteiger partial charge in [0.25, 0.3) is 0 Å². The molecule has 2 aromatic carbocycles. The van der Waals surface area contributed by atoms with Gasteiger partial charge in [0.2, 0.25) is 0 Å². The van der Waals surface area contributed by atoms with Gasteiger partial charge in [0, 0.05) is 36.6 Å². The molecular weight excluding hydrogens is 368 g/mol. The zero-order chi connectivity index (χ0) is 20.5. The summed E-state index contributed by atoms with van der Waals surface area (Å²) in [6.07, 6.45) is 1.83. The van der Waals surface area contributed by atoms with Gasteiger partial charge in [-0.25, -0.2) is 8.78 Å². The van der Waals surface area contributed by atoms with Crippen molar-refractivity contribution >= 4 is 16.6 Å². The molecule has 4 rings (SSSR count). The Hall–Kier alpha value is -3.21. The number of hydrogen-bond acceptors (Lipinski definition) is 2. The Bertz CT molecular complexity index is 1160. The van der Waals surface area contributed by atoms with E-state index >= 15 is 0 Å². The van der Waals surface area contributed by atoms with Gasteiger partial charge in [0.1, 0.15) is 11.6 Å². The molecule has 0 spiro atoms. The SMILES string of the molecule is Cc1c(C)n(Cc2cccc(F)c2)c2c(CN(C)c3ccc(F)cc3)nccc12. The molecule has 0 saturated heterocycles. The molecule has 0 saturated carbocycles. The van der Waals surface area contributed by atoms with Crippen LogP contribution in [0.25, 0.3) is 10.9 Å². The van der Waals surface area contributed by atoms with Crippen molar-refractivity contribution in [2.24, 2.45) is 0 Å². The van der Waals surface area contributed by atoms with Gasteiger partial charge in [-0.3, -0.25) is 4.98 Å². The third-order valence-electron chi connectivity index (χ3n) is 5.51. The van der Waals surface area contributed by atoms with E-state index in [9.17, 15) is 8.78 Å². The quantitative estimate of drug-likeness (QED) is 0.440. The van der Waals surface area contributed by atoms with Crippen molar-refractivity contribution in [3.8, 4) is 0 Å². The molecular formula is C24H23F2N3. The van der Waals surface area contributed by atoms with Crippen LogP contribution >= 0.6 is 0 Å². The molecule has 0 amide bonds. The average molecular weight is 391 g/mol. The van der Waals surface area contributed by atoms with Crippen LogP contribution < -0.4 is 4.90 Å². The normalized spacial score (nSPS) is 11.2. The van der Waals surface area contributed by atoms with E-state index in [1.54, 1.807) is 24.3 Å².